The summed E-state index contributed by atoms with van der Waals surface area (Å²) in [5, 5.41) is 7.01. The Morgan fingerprint density at radius 2 is 2.21 bits per heavy atom. The molecule has 0 radical (unpaired) electrons. The second-order valence-electron chi connectivity index (χ2n) is 4.50. The van der Waals surface area contributed by atoms with Crippen LogP contribution >= 0.6 is 0 Å². The van der Waals surface area contributed by atoms with Gasteiger partial charge in [-0.3, -0.25) is 4.90 Å². The van der Waals surface area contributed by atoms with E-state index in [1.54, 1.807) is 0 Å². The minimum absolute atomic E-state index is 0.730. The molecule has 3 nitrogen and oxygen atoms in total. The molecule has 3 heteroatoms. The van der Waals surface area contributed by atoms with E-state index in [9.17, 15) is 0 Å². The van der Waals surface area contributed by atoms with E-state index in [1.165, 1.54) is 38.9 Å². The summed E-state index contributed by atoms with van der Waals surface area (Å²) < 4.78 is 0. The minimum Gasteiger partial charge on any atom is -0.315 e. The van der Waals surface area contributed by atoms with E-state index in [4.69, 9.17) is 0 Å². The van der Waals surface area contributed by atoms with Gasteiger partial charge in [-0.05, 0) is 32.4 Å². The highest BCUT2D eigenvalue weighted by Gasteiger charge is 2.27. The second kappa shape index (κ2) is 5.10. The number of likely N-dealkylation sites (N-methyl/N-ethyl adjacent to an activating group) is 1. The summed E-state index contributed by atoms with van der Waals surface area (Å²) >= 11 is 0. The summed E-state index contributed by atoms with van der Waals surface area (Å²) in [6, 6.07) is 1.65. The summed E-state index contributed by atoms with van der Waals surface area (Å²) in [6.45, 7) is 8.24. The molecule has 1 unspecified atom stereocenters. The van der Waals surface area contributed by atoms with E-state index in [0.29, 0.717) is 0 Å². The third-order valence-corrected chi connectivity index (χ3v) is 3.36. The van der Waals surface area contributed by atoms with Gasteiger partial charge < -0.3 is 10.6 Å². The Hall–Kier alpha value is -0.120. The largest absolute Gasteiger partial charge is 0.315 e. The zero-order valence-corrected chi connectivity index (χ0v) is 9.26. The van der Waals surface area contributed by atoms with Gasteiger partial charge in [0.2, 0.25) is 0 Å². The normalized spacial score (nSPS) is 27.4. The molecule has 0 aromatic carbocycles. The van der Waals surface area contributed by atoms with Crippen LogP contribution in [0.4, 0.5) is 0 Å². The van der Waals surface area contributed by atoms with Gasteiger partial charge in [-0.15, -0.1) is 0 Å². The van der Waals surface area contributed by atoms with E-state index in [2.05, 4.69) is 22.5 Å². The van der Waals surface area contributed by atoms with Gasteiger partial charge in [-0.25, -0.2) is 0 Å². The lowest BCUT2D eigenvalue weighted by atomic mass is 10.2. The van der Waals surface area contributed by atoms with Crippen molar-refractivity contribution in [2.24, 2.45) is 0 Å². The van der Waals surface area contributed by atoms with Crippen molar-refractivity contribution in [1.82, 2.24) is 15.5 Å². The maximum Gasteiger partial charge on any atom is 0.0205 e. The van der Waals surface area contributed by atoms with Crippen molar-refractivity contribution in [3.05, 3.63) is 0 Å². The van der Waals surface area contributed by atoms with Crippen molar-refractivity contribution < 1.29 is 0 Å². The standard InChI is InChI=1S/C11H23N3/c1-2-14(11-3-4-11)8-7-13-10-5-6-12-9-10/h10-13H,2-9H2,1H3. The van der Waals surface area contributed by atoms with E-state index in [1.807, 2.05) is 0 Å². The number of hydrogen-bond donors (Lipinski definition) is 2. The number of hydrogen-bond acceptors (Lipinski definition) is 3. The fourth-order valence-corrected chi connectivity index (χ4v) is 2.28. The van der Waals surface area contributed by atoms with Crippen molar-refractivity contribution in [2.75, 3.05) is 32.7 Å². The van der Waals surface area contributed by atoms with Crippen LogP contribution in [-0.2, 0) is 0 Å². The lowest BCUT2D eigenvalue weighted by molar-refractivity contribution is 0.273. The summed E-state index contributed by atoms with van der Waals surface area (Å²) in [5.41, 5.74) is 0. The maximum atomic E-state index is 3.62. The molecule has 0 aromatic rings. The Kier molecular flexibility index (Phi) is 3.79. The van der Waals surface area contributed by atoms with E-state index >= 15 is 0 Å². The Bertz CT molecular complexity index is 162. The second-order valence-corrected chi connectivity index (χ2v) is 4.50. The third kappa shape index (κ3) is 2.94. The molecule has 0 aromatic heterocycles. The first-order valence-electron chi connectivity index (χ1n) is 6.08. The molecule has 1 atom stereocenters. The lowest BCUT2D eigenvalue weighted by Crippen LogP contribution is -2.38. The van der Waals surface area contributed by atoms with Gasteiger partial charge in [0.05, 0.1) is 0 Å². The van der Waals surface area contributed by atoms with Crippen LogP contribution in [0, 0.1) is 0 Å². The molecule has 2 N–H and O–H groups in total. The van der Waals surface area contributed by atoms with Gasteiger partial charge >= 0.3 is 0 Å². The SMILES string of the molecule is CCN(CCNC1CCNC1)C1CC1. The van der Waals surface area contributed by atoms with Crippen LogP contribution < -0.4 is 10.6 Å². The Morgan fingerprint density at radius 1 is 1.36 bits per heavy atom. The van der Waals surface area contributed by atoms with Crippen LogP contribution in [0.2, 0.25) is 0 Å². The molecule has 1 aliphatic heterocycles. The van der Waals surface area contributed by atoms with Crippen molar-refractivity contribution in [3.8, 4) is 0 Å². The molecule has 2 rings (SSSR count). The summed E-state index contributed by atoms with van der Waals surface area (Å²) in [5.74, 6) is 0. The molecule has 1 heterocycles. The van der Waals surface area contributed by atoms with Crippen LogP contribution in [-0.4, -0.2) is 49.7 Å². The highest BCUT2D eigenvalue weighted by molar-refractivity contribution is 4.85. The zero-order valence-electron chi connectivity index (χ0n) is 9.26. The van der Waals surface area contributed by atoms with Crippen LogP contribution in [0.3, 0.4) is 0 Å². The highest BCUT2D eigenvalue weighted by Crippen LogP contribution is 2.25. The van der Waals surface area contributed by atoms with Gasteiger partial charge in [0.1, 0.15) is 0 Å². The van der Waals surface area contributed by atoms with Gasteiger partial charge in [-0.1, -0.05) is 6.92 Å². The van der Waals surface area contributed by atoms with Crippen molar-refractivity contribution in [3.63, 3.8) is 0 Å². The molecule has 2 aliphatic rings. The van der Waals surface area contributed by atoms with E-state index in [-0.39, 0.29) is 0 Å². The molecule has 82 valence electrons. The van der Waals surface area contributed by atoms with Crippen molar-refractivity contribution in [1.29, 1.82) is 0 Å². The molecule has 14 heavy (non-hydrogen) atoms. The van der Waals surface area contributed by atoms with E-state index in [0.717, 1.165) is 25.2 Å². The molecular weight excluding hydrogens is 174 g/mol. The van der Waals surface area contributed by atoms with Crippen LogP contribution in [0.1, 0.15) is 26.2 Å². The molecule has 0 bridgehead atoms. The van der Waals surface area contributed by atoms with Crippen LogP contribution in [0.5, 0.6) is 0 Å². The van der Waals surface area contributed by atoms with Gasteiger partial charge in [0.15, 0.2) is 0 Å². The van der Waals surface area contributed by atoms with E-state index < -0.39 is 0 Å². The van der Waals surface area contributed by atoms with Crippen LogP contribution in [0.25, 0.3) is 0 Å². The predicted octanol–water partition coefficient (Wildman–Crippen LogP) is 0.422. The summed E-state index contributed by atoms with van der Waals surface area (Å²) in [4.78, 5) is 2.61. The van der Waals surface area contributed by atoms with Crippen molar-refractivity contribution >= 4 is 0 Å². The number of rotatable bonds is 6. The monoisotopic (exact) mass is 197 g/mol. The van der Waals surface area contributed by atoms with Gasteiger partial charge in [-0.2, -0.15) is 0 Å². The average molecular weight is 197 g/mol. The smallest absolute Gasteiger partial charge is 0.0205 e. The topological polar surface area (TPSA) is 27.3 Å². The fourth-order valence-electron chi connectivity index (χ4n) is 2.28. The highest BCUT2D eigenvalue weighted by atomic mass is 15.2. The molecule has 2 fully saturated rings. The Morgan fingerprint density at radius 3 is 2.79 bits per heavy atom. The third-order valence-electron chi connectivity index (χ3n) is 3.36. The van der Waals surface area contributed by atoms with Gasteiger partial charge in [0.25, 0.3) is 0 Å². The quantitative estimate of drug-likeness (QED) is 0.646. The zero-order chi connectivity index (χ0) is 9.80. The van der Waals surface area contributed by atoms with Crippen molar-refractivity contribution in [2.45, 2.75) is 38.3 Å². The Labute approximate surface area is 87.2 Å². The lowest BCUT2D eigenvalue weighted by Gasteiger charge is -2.21. The summed E-state index contributed by atoms with van der Waals surface area (Å²) in [6.07, 6.45) is 4.16. The minimum atomic E-state index is 0.730. The molecule has 0 amide bonds. The molecule has 1 saturated carbocycles. The van der Waals surface area contributed by atoms with Gasteiger partial charge in [0, 0.05) is 31.7 Å². The first-order valence-corrected chi connectivity index (χ1v) is 6.08. The maximum absolute atomic E-state index is 3.62. The average Bonchev–Trinajstić information content (AvgIpc) is 2.91. The van der Waals surface area contributed by atoms with Crippen LogP contribution in [0.15, 0.2) is 0 Å². The molecule has 1 saturated heterocycles. The first-order chi connectivity index (χ1) is 6.90. The number of nitrogens with zero attached hydrogens (tertiary/aromatic N) is 1. The summed E-state index contributed by atoms with van der Waals surface area (Å²) in [7, 11) is 0. The molecule has 0 spiro atoms. The molecule has 1 aliphatic carbocycles. The fraction of sp³-hybridized carbons (Fsp3) is 1.00. The first kappa shape index (κ1) is 10.4. The number of nitrogens with one attached hydrogen (secondary N) is 2. The Balaban J connectivity index is 1.56. The predicted molar refractivity (Wildman–Crippen MR) is 59.5 cm³/mol. The molecular formula is C11H23N3.